The van der Waals surface area contributed by atoms with Gasteiger partial charge in [-0.15, -0.1) is 0 Å². The van der Waals surface area contributed by atoms with Gasteiger partial charge in [0.05, 0.1) is 13.2 Å². The molecule has 62 heavy (non-hydrogen) atoms. The summed E-state index contributed by atoms with van der Waals surface area (Å²) in [5.41, 5.74) is -0.532. The highest BCUT2D eigenvalue weighted by Gasteiger charge is 2.62. The van der Waals surface area contributed by atoms with Crippen LogP contribution in [-0.2, 0) is 51.9 Å². The molecule has 1 aromatic rings. The van der Waals surface area contributed by atoms with Gasteiger partial charge in [0.15, 0.2) is 0 Å². The predicted molar refractivity (Wildman–Crippen MR) is 230 cm³/mol. The van der Waals surface area contributed by atoms with E-state index in [1.165, 1.54) is 14.7 Å². The molecule has 0 radical (unpaired) electrons. The van der Waals surface area contributed by atoms with Crippen molar-refractivity contribution in [3.05, 3.63) is 47.5 Å². The highest BCUT2D eigenvalue weighted by molar-refractivity contribution is 7.87. The molecule has 4 heterocycles. The summed E-state index contributed by atoms with van der Waals surface area (Å²) in [6, 6.07) is 6.13. The second-order valence-electron chi connectivity index (χ2n) is 19.2. The van der Waals surface area contributed by atoms with Gasteiger partial charge >= 0.3 is 28.5 Å². The molecule has 4 aliphatic heterocycles. The maximum Gasteiger partial charge on any atom is 0.410 e. The molecule has 5 aliphatic rings. The first kappa shape index (κ1) is 46.8. The summed E-state index contributed by atoms with van der Waals surface area (Å²) in [7, 11) is -5.84. The largest absolute Gasteiger partial charge is 0.450 e. The Bertz CT molecular complexity index is 1990. The molecular weight excluding hydrogens is 839 g/mol. The number of hydrogen-bond acceptors (Lipinski definition) is 11. The van der Waals surface area contributed by atoms with E-state index in [-0.39, 0.29) is 52.0 Å². The van der Waals surface area contributed by atoms with E-state index < -0.39 is 89.5 Å². The van der Waals surface area contributed by atoms with Crippen LogP contribution in [0.4, 0.5) is 14.4 Å². The summed E-state index contributed by atoms with van der Waals surface area (Å²) in [5.74, 6) is -2.80. The number of hydrogen-bond donors (Lipinski definition) is 3. The highest BCUT2D eigenvalue weighted by atomic mass is 32.2. The average Bonchev–Trinajstić information content (AvgIpc) is 3.48. The van der Waals surface area contributed by atoms with Crippen molar-refractivity contribution < 1.29 is 51.4 Å². The summed E-state index contributed by atoms with van der Waals surface area (Å²) < 4.78 is 47.5. The summed E-state index contributed by atoms with van der Waals surface area (Å²) in [6.45, 7) is 12.4. The first-order valence-electron chi connectivity index (χ1n) is 21.7. The Morgan fingerprint density at radius 1 is 0.935 bits per heavy atom. The van der Waals surface area contributed by atoms with E-state index in [2.05, 4.69) is 35.0 Å². The van der Waals surface area contributed by atoms with Crippen LogP contribution in [0.2, 0.25) is 25.7 Å². The van der Waals surface area contributed by atoms with Gasteiger partial charge in [0, 0.05) is 59.7 Å². The van der Waals surface area contributed by atoms with Gasteiger partial charge in [0.2, 0.25) is 11.8 Å². The number of carbonyl (C=O) groups is 6. The zero-order valence-corrected chi connectivity index (χ0v) is 38.6. The molecule has 1 aromatic carbocycles. The van der Waals surface area contributed by atoms with Crippen LogP contribution in [0, 0.1) is 5.92 Å². The quantitative estimate of drug-likeness (QED) is 0.194. The van der Waals surface area contributed by atoms with Crippen LogP contribution < -0.4 is 15.4 Å². The van der Waals surface area contributed by atoms with E-state index in [9.17, 15) is 37.2 Å². The van der Waals surface area contributed by atoms with Crippen LogP contribution in [-0.4, -0.2) is 140 Å². The van der Waals surface area contributed by atoms with Gasteiger partial charge in [0.25, 0.3) is 5.91 Å². The van der Waals surface area contributed by atoms with Crippen molar-refractivity contribution in [3.63, 3.8) is 0 Å². The van der Waals surface area contributed by atoms with E-state index >= 15 is 0 Å². The second kappa shape index (κ2) is 19.0. The first-order chi connectivity index (χ1) is 29.1. The molecule has 6 rings (SSSR count). The van der Waals surface area contributed by atoms with Crippen LogP contribution in [0.5, 0.6) is 0 Å². The van der Waals surface area contributed by atoms with Crippen LogP contribution in [0.3, 0.4) is 0 Å². The monoisotopic (exact) mass is 901 g/mol. The van der Waals surface area contributed by atoms with Gasteiger partial charge in [-0.1, -0.05) is 68.9 Å². The summed E-state index contributed by atoms with van der Waals surface area (Å²) in [5, 5.41) is 5.53. The average molecular weight is 902 g/mol. The fraction of sp³-hybridized carbons (Fsp3) is 0.667. The lowest BCUT2D eigenvalue weighted by molar-refractivity contribution is -0.141. The minimum absolute atomic E-state index is 0.0693. The van der Waals surface area contributed by atoms with Gasteiger partial charge in [-0.3, -0.25) is 19.3 Å². The molecule has 3 fully saturated rings. The number of allylic oxidation sites excluding steroid dienone is 1. The topological polar surface area (TPSA) is 213 Å². The Morgan fingerprint density at radius 2 is 1.61 bits per heavy atom. The summed E-state index contributed by atoms with van der Waals surface area (Å²) in [4.78, 5) is 86.6. The van der Waals surface area contributed by atoms with E-state index in [0.717, 1.165) is 27.9 Å². The lowest BCUT2D eigenvalue weighted by Crippen LogP contribution is -2.60. The number of amides is 6. The number of carbonyl (C=O) groups excluding carboxylic acids is 6. The van der Waals surface area contributed by atoms with Crippen molar-refractivity contribution in [1.29, 1.82) is 0 Å². The van der Waals surface area contributed by atoms with E-state index in [1.54, 1.807) is 20.8 Å². The lowest BCUT2D eigenvalue weighted by atomic mass is 10.0. The number of piperazine rings is 1. The van der Waals surface area contributed by atoms with Crippen molar-refractivity contribution in [2.45, 2.75) is 134 Å². The van der Waals surface area contributed by atoms with E-state index in [1.807, 2.05) is 36.4 Å². The third kappa shape index (κ3) is 11.9. The molecule has 0 spiro atoms. The first-order valence-corrected chi connectivity index (χ1v) is 26.8. The van der Waals surface area contributed by atoms with Crippen LogP contribution in [0.25, 0.3) is 0 Å². The minimum Gasteiger partial charge on any atom is -0.450 e. The number of rotatable bonds is 8. The van der Waals surface area contributed by atoms with Gasteiger partial charge < -0.3 is 34.6 Å². The number of ether oxygens (including phenoxy) is 3. The molecule has 1 aliphatic carbocycles. The Morgan fingerprint density at radius 3 is 2.26 bits per heavy atom. The summed E-state index contributed by atoms with van der Waals surface area (Å²) in [6.07, 6.45) is 3.76. The van der Waals surface area contributed by atoms with Crippen molar-refractivity contribution in [3.8, 4) is 0 Å². The molecule has 342 valence electrons. The number of nitrogens with zero attached hydrogens (tertiary/aromatic N) is 4. The Labute approximate surface area is 365 Å². The molecular formula is C42H63N7O11SSi. The minimum atomic E-state index is -4.41. The van der Waals surface area contributed by atoms with Crippen molar-refractivity contribution >= 4 is 54.3 Å². The molecule has 18 nitrogen and oxygen atoms in total. The van der Waals surface area contributed by atoms with Gasteiger partial charge in [-0.25, -0.2) is 19.1 Å². The number of benzene rings is 1. The molecule has 2 saturated heterocycles. The Kier molecular flexibility index (Phi) is 14.3. The third-order valence-electron chi connectivity index (χ3n) is 11.8. The lowest BCUT2D eigenvalue weighted by Gasteiger charge is -2.34. The standard InChI is InChI=1S/C42H63N7O11SSi/c1-41(2,3)60-38(53)43-33-17-11-9-7-8-10-16-31-25-42(31,37(52)45-61(56,57)48-20-18-46(19-21-48)39(54)58-22-23-62(4,5)6)44-35(50)34-24-32(28-49(34)36(33)51)59-40(55)47-26-29-14-12-13-15-30(29)27-47/h10,12-16,31-34H,7-9,11,17-28H2,1-6H3,(H,43,53)(H,44,50)(H,45,52)/t31-,32-,33+,34+,42-/m1/s1. The molecule has 3 N–H and O–H groups in total. The van der Waals surface area contributed by atoms with Crippen LogP contribution >= 0.6 is 0 Å². The van der Waals surface area contributed by atoms with Gasteiger partial charge in [0.1, 0.15) is 29.3 Å². The Balaban J connectivity index is 1.18. The fourth-order valence-corrected chi connectivity index (χ4v) is 10.1. The number of fused-ring (bicyclic) bond motifs is 3. The van der Waals surface area contributed by atoms with Crippen molar-refractivity contribution in [2.75, 3.05) is 39.3 Å². The molecule has 0 aromatic heterocycles. The molecule has 1 saturated carbocycles. The maximum absolute atomic E-state index is 14.5. The molecule has 6 amide bonds. The zero-order valence-electron chi connectivity index (χ0n) is 36.8. The zero-order chi connectivity index (χ0) is 45.0. The smallest absolute Gasteiger partial charge is 0.410 e. The second-order valence-corrected chi connectivity index (χ2v) is 26.4. The molecule has 5 atom stereocenters. The highest BCUT2D eigenvalue weighted by Crippen LogP contribution is 2.46. The maximum atomic E-state index is 14.5. The molecule has 0 unspecified atom stereocenters. The van der Waals surface area contributed by atoms with E-state index in [0.29, 0.717) is 39.0 Å². The van der Waals surface area contributed by atoms with E-state index in [4.69, 9.17) is 14.2 Å². The molecule has 20 heteroatoms. The SMILES string of the molecule is CC(C)(C)OC(=O)N[C@H]1CCCCCC=C[C@@H]2C[C@@]2(C(=O)NS(=O)(=O)N2CCN(C(=O)OCC[Si](C)(C)C)CC2)NC(=O)[C@@H]2C[C@@H](OC(=O)N3Cc4ccccc4C3)CN2C1=O. The van der Waals surface area contributed by atoms with Gasteiger partial charge in [-0.05, 0) is 63.6 Å². The number of alkyl carbamates (subject to hydrolysis) is 1. The fourth-order valence-electron chi connectivity index (χ4n) is 8.21. The van der Waals surface area contributed by atoms with Gasteiger partial charge in [-0.2, -0.15) is 12.7 Å². The van der Waals surface area contributed by atoms with Crippen LogP contribution in [0.1, 0.15) is 76.8 Å². The Hall–Kier alpha value is -4.69. The number of nitrogens with one attached hydrogen (secondary N) is 3. The third-order valence-corrected chi connectivity index (χ3v) is 15.0. The van der Waals surface area contributed by atoms with Crippen LogP contribution in [0.15, 0.2) is 36.4 Å². The molecule has 0 bridgehead atoms. The normalized spacial score (nSPS) is 26.2. The van der Waals surface area contributed by atoms with Crippen molar-refractivity contribution in [1.82, 2.24) is 34.4 Å². The van der Waals surface area contributed by atoms with Crippen molar-refractivity contribution in [2.24, 2.45) is 5.92 Å². The predicted octanol–water partition coefficient (Wildman–Crippen LogP) is 3.85. The summed E-state index contributed by atoms with van der Waals surface area (Å²) >= 11 is 0.